The minimum atomic E-state index is -0.863. The molecule has 0 aromatic carbocycles. The van der Waals surface area contributed by atoms with Gasteiger partial charge in [0.15, 0.2) is 0 Å². The van der Waals surface area contributed by atoms with Crippen LogP contribution in [-0.2, 0) is 14.3 Å². The summed E-state index contributed by atoms with van der Waals surface area (Å²) in [4.78, 5) is 24.6. The zero-order valence-electron chi connectivity index (χ0n) is 10.7. The maximum Gasteiger partial charge on any atom is 0.303 e. The van der Waals surface area contributed by atoms with Crippen LogP contribution in [0.2, 0.25) is 0 Å². The zero-order valence-corrected chi connectivity index (χ0v) is 10.7. The molecule has 5 nitrogen and oxygen atoms in total. The summed E-state index contributed by atoms with van der Waals surface area (Å²) in [6.45, 7) is 7.29. The van der Waals surface area contributed by atoms with Crippen molar-refractivity contribution in [2.24, 2.45) is 5.41 Å². The van der Waals surface area contributed by atoms with E-state index in [1.165, 1.54) is 0 Å². The molecule has 0 aromatic heterocycles. The van der Waals surface area contributed by atoms with Crippen LogP contribution in [0.25, 0.3) is 0 Å². The highest BCUT2D eigenvalue weighted by molar-refractivity contribution is 5.78. The lowest BCUT2D eigenvalue weighted by molar-refractivity contribution is -0.143. The Kier molecular flexibility index (Phi) is 4.51. The van der Waals surface area contributed by atoms with E-state index in [1.54, 1.807) is 4.90 Å². The minimum absolute atomic E-state index is 0.0114. The van der Waals surface area contributed by atoms with Crippen LogP contribution in [0.15, 0.2) is 0 Å². The van der Waals surface area contributed by atoms with Gasteiger partial charge in [-0.2, -0.15) is 0 Å². The summed E-state index contributed by atoms with van der Waals surface area (Å²) in [7, 11) is 0. The van der Waals surface area contributed by atoms with E-state index in [2.05, 4.69) is 0 Å². The molecule has 0 radical (unpaired) electrons. The van der Waals surface area contributed by atoms with E-state index >= 15 is 0 Å². The normalized spacial score (nSPS) is 21.4. The molecule has 1 aliphatic heterocycles. The Bertz CT molecular complexity index is 301. The second kappa shape index (κ2) is 5.49. The van der Waals surface area contributed by atoms with Crippen LogP contribution < -0.4 is 0 Å². The number of carboxylic acid groups (broad SMARTS) is 1. The summed E-state index contributed by atoms with van der Waals surface area (Å²) in [6, 6.07) is 0.0804. The van der Waals surface area contributed by atoms with E-state index in [9.17, 15) is 9.59 Å². The molecule has 0 unspecified atom stereocenters. The SMILES string of the molecule is C[C@@H]1COCCN1C(=O)CC(C)(C)CC(=O)O. The van der Waals surface area contributed by atoms with E-state index in [0.717, 1.165) is 0 Å². The number of amides is 1. The fraction of sp³-hybridized carbons (Fsp3) is 0.833. The predicted octanol–water partition coefficient (Wildman–Crippen LogP) is 1.12. The summed E-state index contributed by atoms with van der Waals surface area (Å²) in [6.07, 6.45) is 0.279. The quantitative estimate of drug-likeness (QED) is 0.803. The smallest absolute Gasteiger partial charge is 0.303 e. The molecule has 0 spiro atoms. The lowest BCUT2D eigenvalue weighted by atomic mass is 9.85. The second-order valence-corrected chi connectivity index (χ2v) is 5.42. The zero-order chi connectivity index (χ0) is 13.1. The van der Waals surface area contributed by atoms with Crippen molar-refractivity contribution in [2.45, 2.75) is 39.7 Å². The van der Waals surface area contributed by atoms with Gasteiger partial charge in [0.05, 0.1) is 25.7 Å². The van der Waals surface area contributed by atoms with Crippen molar-refractivity contribution in [1.29, 1.82) is 0 Å². The van der Waals surface area contributed by atoms with Crippen molar-refractivity contribution in [3.05, 3.63) is 0 Å². The highest BCUT2D eigenvalue weighted by Crippen LogP contribution is 2.26. The molecule has 1 aliphatic rings. The number of nitrogens with zero attached hydrogens (tertiary/aromatic N) is 1. The molecule has 1 fully saturated rings. The van der Waals surface area contributed by atoms with Gasteiger partial charge in [0.2, 0.25) is 5.91 Å². The molecule has 5 heteroatoms. The Labute approximate surface area is 102 Å². The number of carbonyl (C=O) groups excluding carboxylic acids is 1. The highest BCUT2D eigenvalue weighted by atomic mass is 16.5. The third-order valence-corrected chi connectivity index (χ3v) is 2.95. The van der Waals surface area contributed by atoms with Crippen LogP contribution in [0.1, 0.15) is 33.6 Å². The van der Waals surface area contributed by atoms with E-state index in [4.69, 9.17) is 9.84 Å². The number of carboxylic acids is 1. The van der Waals surface area contributed by atoms with Crippen molar-refractivity contribution in [2.75, 3.05) is 19.8 Å². The van der Waals surface area contributed by atoms with Crippen molar-refractivity contribution in [3.63, 3.8) is 0 Å². The molecule has 1 rings (SSSR count). The average Bonchev–Trinajstić information content (AvgIpc) is 2.14. The second-order valence-electron chi connectivity index (χ2n) is 5.42. The maximum atomic E-state index is 12.1. The first kappa shape index (κ1) is 14.0. The number of hydrogen-bond acceptors (Lipinski definition) is 3. The molecule has 1 saturated heterocycles. The number of hydrogen-bond donors (Lipinski definition) is 1. The Morgan fingerprint density at radius 2 is 2.06 bits per heavy atom. The highest BCUT2D eigenvalue weighted by Gasteiger charge is 2.30. The van der Waals surface area contributed by atoms with Crippen molar-refractivity contribution >= 4 is 11.9 Å². The number of morpholine rings is 1. The predicted molar refractivity (Wildman–Crippen MR) is 62.6 cm³/mol. The monoisotopic (exact) mass is 243 g/mol. The lowest BCUT2D eigenvalue weighted by Crippen LogP contribution is -2.48. The molecule has 0 bridgehead atoms. The first-order chi connectivity index (χ1) is 7.82. The van der Waals surface area contributed by atoms with Crippen LogP contribution in [0.3, 0.4) is 0 Å². The average molecular weight is 243 g/mol. The van der Waals surface area contributed by atoms with Gasteiger partial charge in [-0.3, -0.25) is 9.59 Å². The van der Waals surface area contributed by atoms with Crippen molar-refractivity contribution < 1.29 is 19.4 Å². The van der Waals surface area contributed by atoms with E-state index in [-0.39, 0.29) is 24.8 Å². The van der Waals surface area contributed by atoms with Crippen LogP contribution in [-0.4, -0.2) is 47.7 Å². The van der Waals surface area contributed by atoms with E-state index in [1.807, 2.05) is 20.8 Å². The summed E-state index contributed by atoms with van der Waals surface area (Å²) < 4.78 is 5.27. The Morgan fingerprint density at radius 3 is 2.59 bits per heavy atom. The third-order valence-electron chi connectivity index (χ3n) is 2.95. The van der Waals surface area contributed by atoms with Crippen molar-refractivity contribution in [1.82, 2.24) is 4.90 Å². The van der Waals surface area contributed by atoms with Crippen LogP contribution >= 0.6 is 0 Å². The van der Waals surface area contributed by atoms with E-state index < -0.39 is 11.4 Å². The molecular weight excluding hydrogens is 222 g/mol. The Hall–Kier alpha value is -1.10. The summed E-state index contributed by atoms with van der Waals surface area (Å²) in [5, 5.41) is 8.78. The molecule has 0 aromatic rings. The summed E-state index contributed by atoms with van der Waals surface area (Å²) in [5.41, 5.74) is -0.499. The fourth-order valence-electron chi connectivity index (χ4n) is 2.08. The van der Waals surface area contributed by atoms with Gasteiger partial charge in [0.25, 0.3) is 0 Å². The topological polar surface area (TPSA) is 66.8 Å². The molecule has 1 N–H and O–H groups in total. The van der Waals surface area contributed by atoms with Gasteiger partial charge in [-0.25, -0.2) is 0 Å². The first-order valence-corrected chi connectivity index (χ1v) is 5.91. The number of carbonyl (C=O) groups is 2. The molecule has 1 heterocycles. The van der Waals surface area contributed by atoms with Crippen molar-refractivity contribution in [3.8, 4) is 0 Å². The molecule has 17 heavy (non-hydrogen) atoms. The molecule has 98 valence electrons. The van der Waals surface area contributed by atoms with Crippen LogP contribution in [0.5, 0.6) is 0 Å². The summed E-state index contributed by atoms with van der Waals surface area (Å²) >= 11 is 0. The van der Waals surface area contributed by atoms with Gasteiger partial charge >= 0.3 is 5.97 Å². The van der Waals surface area contributed by atoms with E-state index in [0.29, 0.717) is 19.8 Å². The fourth-order valence-corrected chi connectivity index (χ4v) is 2.08. The van der Waals surface area contributed by atoms with Gasteiger partial charge in [-0.15, -0.1) is 0 Å². The van der Waals surface area contributed by atoms with Crippen LogP contribution in [0, 0.1) is 5.41 Å². The molecule has 1 atom stereocenters. The summed E-state index contributed by atoms with van der Waals surface area (Å²) in [5.74, 6) is -0.843. The minimum Gasteiger partial charge on any atom is -0.481 e. The largest absolute Gasteiger partial charge is 0.481 e. The Balaban J connectivity index is 2.55. The first-order valence-electron chi connectivity index (χ1n) is 5.91. The Morgan fingerprint density at radius 1 is 1.41 bits per heavy atom. The lowest BCUT2D eigenvalue weighted by Gasteiger charge is -2.35. The molecular formula is C12H21NO4. The molecule has 1 amide bonds. The van der Waals surface area contributed by atoms with Gasteiger partial charge in [-0.05, 0) is 12.3 Å². The number of rotatable bonds is 4. The maximum absolute atomic E-state index is 12.1. The van der Waals surface area contributed by atoms with Gasteiger partial charge in [-0.1, -0.05) is 13.8 Å². The standard InChI is InChI=1S/C12H21NO4/c1-9-8-17-5-4-13(9)10(14)6-12(2,3)7-11(15)16/h9H,4-8H2,1-3H3,(H,15,16)/t9-/m1/s1. The van der Waals surface area contributed by atoms with Gasteiger partial charge < -0.3 is 14.7 Å². The third kappa shape index (κ3) is 4.34. The molecule has 0 aliphatic carbocycles. The van der Waals surface area contributed by atoms with Gasteiger partial charge in [0, 0.05) is 13.0 Å². The molecule has 0 saturated carbocycles. The number of ether oxygens (including phenoxy) is 1. The number of aliphatic carboxylic acids is 1. The van der Waals surface area contributed by atoms with Gasteiger partial charge in [0.1, 0.15) is 0 Å². The van der Waals surface area contributed by atoms with Crippen LogP contribution in [0.4, 0.5) is 0 Å².